The fourth-order valence-corrected chi connectivity index (χ4v) is 0.913. The molecule has 0 aliphatic heterocycles. The molecule has 1 unspecified atom stereocenters. The van der Waals surface area contributed by atoms with E-state index in [4.69, 9.17) is 10.2 Å². The van der Waals surface area contributed by atoms with E-state index in [1.54, 1.807) is 6.92 Å². The maximum atomic E-state index is 11.0. The molecule has 15 heavy (non-hydrogen) atoms. The summed E-state index contributed by atoms with van der Waals surface area (Å²) < 4.78 is 0. The molecule has 0 fully saturated rings. The highest BCUT2D eigenvalue weighted by molar-refractivity contribution is 5.95. The highest BCUT2D eigenvalue weighted by Gasteiger charge is 2.17. The summed E-state index contributed by atoms with van der Waals surface area (Å²) in [4.78, 5) is 31.7. The Bertz CT molecular complexity index is 284. The fraction of sp³-hybridized carbons (Fsp3) is 0.444. The molecule has 0 saturated carbocycles. The first kappa shape index (κ1) is 13.2. The molecule has 1 amide bonds. The summed E-state index contributed by atoms with van der Waals surface area (Å²) in [5.41, 5.74) is 0. The molecular formula is C9H13NO5. The first-order valence-electron chi connectivity index (χ1n) is 4.41. The summed E-state index contributed by atoms with van der Waals surface area (Å²) >= 11 is 0. The third-order valence-electron chi connectivity index (χ3n) is 1.57. The van der Waals surface area contributed by atoms with Gasteiger partial charge in [-0.25, -0.2) is 9.59 Å². The molecule has 0 aromatic carbocycles. The second kappa shape index (κ2) is 6.58. The molecule has 0 heterocycles. The Hall–Kier alpha value is -1.85. The number of carbonyl (C=O) groups is 3. The number of nitrogens with one attached hydrogen (secondary N) is 1. The van der Waals surface area contributed by atoms with Gasteiger partial charge in [-0.3, -0.25) is 4.79 Å². The first-order valence-corrected chi connectivity index (χ1v) is 4.41. The topological polar surface area (TPSA) is 104 Å². The van der Waals surface area contributed by atoms with E-state index in [0.29, 0.717) is 18.9 Å². The van der Waals surface area contributed by atoms with Crippen molar-refractivity contribution in [2.45, 2.75) is 25.8 Å². The predicted molar refractivity (Wildman–Crippen MR) is 51.3 cm³/mol. The molecule has 0 aliphatic carbocycles. The van der Waals surface area contributed by atoms with Crippen molar-refractivity contribution in [3.8, 4) is 0 Å². The SMILES string of the molecule is CCCC(NC(=O)/C=C\C(=O)O)C(=O)O. The summed E-state index contributed by atoms with van der Waals surface area (Å²) in [6.45, 7) is 1.79. The lowest BCUT2D eigenvalue weighted by atomic mass is 10.1. The van der Waals surface area contributed by atoms with Gasteiger partial charge in [-0.15, -0.1) is 0 Å². The van der Waals surface area contributed by atoms with Crippen LogP contribution < -0.4 is 5.32 Å². The van der Waals surface area contributed by atoms with E-state index in [1.165, 1.54) is 0 Å². The Morgan fingerprint density at radius 2 is 1.87 bits per heavy atom. The van der Waals surface area contributed by atoms with Crippen molar-refractivity contribution in [3.05, 3.63) is 12.2 Å². The molecule has 0 saturated heterocycles. The van der Waals surface area contributed by atoms with Gasteiger partial charge in [0.2, 0.25) is 5.91 Å². The average Bonchev–Trinajstić information content (AvgIpc) is 2.14. The molecule has 84 valence electrons. The highest BCUT2D eigenvalue weighted by Crippen LogP contribution is 1.96. The van der Waals surface area contributed by atoms with Crippen LogP contribution in [0.5, 0.6) is 0 Å². The van der Waals surface area contributed by atoms with Gasteiger partial charge in [0.15, 0.2) is 0 Å². The minimum Gasteiger partial charge on any atom is -0.480 e. The van der Waals surface area contributed by atoms with E-state index in [0.717, 1.165) is 6.08 Å². The number of carbonyl (C=O) groups excluding carboxylic acids is 1. The lowest BCUT2D eigenvalue weighted by molar-refractivity contribution is -0.141. The van der Waals surface area contributed by atoms with Gasteiger partial charge < -0.3 is 15.5 Å². The Morgan fingerprint density at radius 3 is 2.27 bits per heavy atom. The van der Waals surface area contributed by atoms with Gasteiger partial charge in [-0.2, -0.15) is 0 Å². The van der Waals surface area contributed by atoms with Crippen LogP contribution in [0.25, 0.3) is 0 Å². The van der Waals surface area contributed by atoms with Gasteiger partial charge in [0, 0.05) is 12.2 Å². The van der Waals surface area contributed by atoms with Gasteiger partial charge in [-0.1, -0.05) is 13.3 Å². The number of amides is 1. The molecule has 0 aliphatic rings. The van der Waals surface area contributed by atoms with Crippen molar-refractivity contribution in [2.24, 2.45) is 0 Å². The minimum absolute atomic E-state index is 0.308. The third-order valence-corrected chi connectivity index (χ3v) is 1.57. The Labute approximate surface area is 86.6 Å². The van der Waals surface area contributed by atoms with Crippen molar-refractivity contribution in [1.82, 2.24) is 5.32 Å². The van der Waals surface area contributed by atoms with Gasteiger partial charge in [0.25, 0.3) is 0 Å². The normalized spacial score (nSPS) is 12.3. The summed E-state index contributed by atoms with van der Waals surface area (Å²) in [7, 11) is 0. The van der Waals surface area contributed by atoms with Gasteiger partial charge in [0.05, 0.1) is 0 Å². The second-order valence-electron chi connectivity index (χ2n) is 2.86. The van der Waals surface area contributed by atoms with E-state index in [1.807, 2.05) is 0 Å². The molecule has 1 atom stereocenters. The summed E-state index contributed by atoms with van der Waals surface area (Å²) in [5.74, 6) is -3.11. The van der Waals surface area contributed by atoms with Crippen molar-refractivity contribution in [1.29, 1.82) is 0 Å². The van der Waals surface area contributed by atoms with E-state index < -0.39 is 23.9 Å². The van der Waals surface area contributed by atoms with E-state index in [9.17, 15) is 14.4 Å². The average molecular weight is 215 g/mol. The predicted octanol–water partition coefficient (Wildman–Crippen LogP) is -0.00330. The zero-order chi connectivity index (χ0) is 11.8. The fourth-order valence-electron chi connectivity index (χ4n) is 0.913. The second-order valence-corrected chi connectivity index (χ2v) is 2.86. The van der Waals surface area contributed by atoms with Crippen molar-refractivity contribution in [2.75, 3.05) is 0 Å². The number of carboxylic acid groups (broad SMARTS) is 2. The third kappa shape index (κ3) is 6.25. The van der Waals surface area contributed by atoms with Crippen molar-refractivity contribution in [3.63, 3.8) is 0 Å². The van der Waals surface area contributed by atoms with Gasteiger partial charge in [0.1, 0.15) is 6.04 Å². The van der Waals surface area contributed by atoms with Crippen LogP contribution in [0.2, 0.25) is 0 Å². The monoisotopic (exact) mass is 215 g/mol. The highest BCUT2D eigenvalue weighted by atomic mass is 16.4. The van der Waals surface area contributed by atoms with Crippen LogP contribution in [0.15, 0.2) is 12.2 Å². The Morgan fingerprint density at radius 1 is 1.27 bits per heavy atom. The molecule has 0 aromatic heterocycles. The molecule has 0 radical (unpaired) electrons. The maximum Gasteiger partial charge on any atom is 0.328 e. The molecule has 6 heteroatoms. The van der Waals surface area contributed by atoms with Crippen LogP contribution in [0, 0.1) is 0 Å². The van der Waals surface area contributed by atoms with Crippen LogP contribution in [0.4, 0.5) is 0 Å². The lowest BCUT2D eigenvalue weighted by Gasteiger charge is -2.11. The van der Waals surface area contributed by atoms with Crippen LogP contribution in [-0.4, -0.2) is 34.1 Å². The minimum atomic E-state index is -1.26. The largest absolute Gasteiger partial charge is 0.480 e. The van der Waals surface area contributed by atoms with E-state index >= 15 is 0 Å². The molecule has 0 bridgehead atoms. The quantitative estimate of drug-likeness (QED) is 0.541. The number of hydrogen-bond acceptors (Lipinski definition) is 3. The van der Waals surface area contributed by atoms with Crippen LogP contribution in [0.1, 0.15) is 19.8 Å². The van der Waals surface area contributed by atoms with Gasteiger partial charge in [-0.05, 0) is 6.42 Å². The molecule has 0 aromatic rings. The van der Waals surface area contributed by atoms with E-state index in [2.05, 4.69) is 5.32 Å². The van der Waals surface area contributed by atoms with Crippen molar-refractivity contribution < 1.29 is 24.6 Å². The standard InChI is InChI=1S/C9H13NO5/c1-2-3-6(9(14)15)10-7(11)4-5-8(12)13/h4-6H,2-3H2,1H3,(H,10,11)(H,12,13)(H,14,15)/b5-4-. The number of aliphatic carboxylic acids is 2. The zero-order valence-electron chi connectivity index (χ0n) is 8.27. The molecule has 0 rings (SSSR count). The molecule has 0 spiro atoms. The molecule has 3 N–H and O–H groups in total. The number of carboxylic acids is 2. The zero-order valence-corrected chi connectivity index (χ0v) is 8.27. The summed E-state index contributed by atoms with van der Waals surface area (Å²) in [5, 5.41) is 19.1. The molecular weight excluding hydrogens is 202 g/mol. The van der Waals surface area contributed by atoms with Crippen LogP contribution in [0.3, 0.4) is 0 Å². The lowest BCUT2D eigenvalue weighted by Crippen LogP contribution is -2.39. The Balaban J connectivity index is 4.23. The Kier molecular flexibility index (Phi) is 5.77. The van der Waals surface area contributed by atoms with Crippen molar-refractivity contribution >= 4 is 17.8 Å². The maximum absolute atomic E-state index is 11.0. The summed E-state index contributed by atoms with van der Waals surface area (Å²) in [6, 6.07) is -0.971. The number of rotatable bonds is 6. The first-order chi connectivity index (χ1) is 6.97. The van der Waals surface area contributed by atoms with Crippen LogP contribution >= 0.6 is 0 Å². The number of hydrogen-bond donors (Lipinski definition) is 3. The van der Waals surface area contributed by atoms with Gasteiger partial charge >= 0.3 is 11.9 Å². The van der Waals surface area contributed by atoms with Crippen LogP contribution in [-0.2, 0) is 14.4 Å². The summed E-state index contributed by atoms with van der Waals surface area (Å²) in [6.07, 6.45) is 2.36. The smallest absolute Gasteiger partial charge is 0.328 e. The molecule has 6 nitrogen and oxygen atoms in total. The van der Waals surface area contributed by atoms with E-state index in [-0.39, 0.29) is 0 Å².